The van der Waals surface area contributed by atoms with Crippen LogP contribution in [0.3, 0.4) is 0 Å². The monoisotopic (exact) mass is 228 g/mol. The molecule has 1 unspecified atom stereocenters. The number of rotatable bonds is 5. The van der Waals surface area contributed by atoms with Gasteiger partial charge in [0, 0.05) is 18.5 Å². The SMILES string of the molecule is CNCc1sc(C(C)OC)nc1C(C)C. The van der Waals surface area contributed by atoms with E-state index in [0.717, 1.165) is 11.6 Å². The maximum Gasteiger partial charge on any atom is 0.122 e. The van der Waals surface area contributed by atoms with Gasteiger partial charge in [-0.2, -0.15) is 0 Å². The van der Waals surface area contributed by atoms with Gasteiger partial charge in [-0.15, -0.1) is 11.3 Å². The molecule has 3 nitrogen and oxygen atoms in total. The molecular formula is C11H20N2OS. The van der Waals surface area contributed by atoms with Crippen molar-refractivity contribution in [2.75, 3.05) is 14.2 Å². The third-order valence-corrected chi connectivity index (χ3v) is 3.56. The van der Waals surface area contributed by atoms with E-state index in [0.29, 0.717) is 5.92 Å². The molecule has 0 spiro atoms. The van der Waals surface area contributed by atoms with Crippen molar-refractivity contribution in [2.45, 2.75) is 39.3 Å². The van der Waals surface area contributed by atoms with Gasteiger partial charge in [-0.25, -0.2) is 4.98 Å². The fourth-order valence-electron chi connectivity index (χ4n) is 1.40. The molecule has 0 saturated carbocycles. The summed E-state index contributed by atoms with van der Waals surface area (Å²) in [6.45, 7) is 7.28. The van der Waals surface area contributed by atoms with E-state index in [4.69, 9.17) is 4.74 Å². The summed E-state index contributed by atoms with van der Waals surface area (Å²) < 4.78 is 5.29. The van der Waals surface area contributed by atoms with Crippen LogP contribution in [0.15, 0.2) is 0 Å². The predicted molar refractivity (Wildman–Crippen MR) is 64.4 cm³/mol. The normalized spacial score (nSPS) is 13.5. The van der Waals surface area contributed by atoms with Crippen molar-refractivity contribution >= 4 is 11.3 Å². The Bertz CT molecular complexity index is 310. The third-order valence-electron chi connectivity index (χ3n) is 2.33. The van der Waals surface area contributed by atoms with Crippen LogP contribution in [-0.4, -0.2) is 19.1 Å². The quantitative estimate of drug-likeness (QED) is 0.841. The summed E-state index contributed by atoms with van der Waals surface area (Å²) in [6, 6.07) is 0. The molecular weight excluding hydrogens is 208 g/mol. The fourth-order valence-corrected chi connectivity index (χ4v) is 2.66. The number of ether oxygens (including phenoxy) is 1. The second kappa shape index (κ2) is 5.58. The van der Waals surface area contributed by atoms with E-state index in [1.807, 2.05) is 14.0 Å². The molecule has 0 bridgehead atoms. The van der Waals surface area contributed by atoms with Crippen molar-refractivity contribution in [1.82, 2.24) is 10.3 Å². The van der Waals surface area contributed by atoms with Crippen molar-refractivity contribution in [3.8, 4) is 0 Å². The molecule has 1 aromatic rings. The summed E-state index contributed by atoms with van der Waals surface area (Å²) in [7, 11) is 3.68. The lowest BCUT2D eigenvalue weighted by Gasteiger charge is -2.04. The average molecular weight is 228 g/mol. The van der Waals surface area contributed by atoms with Gasteiger partial charge in [-0.05, 0) is 19.9 Å². The number of thiazole rings is 1. The Morgan fingerprint density at radius 1 is 1.40 bits per heavy atom. The molecule has 0 amide bonds. The van der Waals surface area contributed by atoms with Crippen LogP contribution in [0.1, 0.15) is 48.4 Å². The van der Waals surface area contributed by atoms with Gasteiger partial charge < -0.3 is 10.1 Å². The molecule has 1 heterocycles. The first-order valence-electron chi connectivity index (χ1n) is 5.27. The van der Waals surface area contributed by atoms with E-state index < -0.39 is 0 Å². The van der Waals surface area contributed by atoms with E-state index in [9.17, 15) is 0 Å². The van der Waals surface area contributed by atoms with Gasteiger partial charge in [0.25, 0.3) is 0 Å². The van der Waals surface area contributed by atoms with Crippen molar-refractivity contribution in [1.29, 1.82) is 0 Å². The van der Waals surface area contributed by atoms with Crippen LogP contribution in [0.25, 0.3) is 0 Å². The topological polar surface area (TPSA) is 34.1 Å². The van der Waals surface area contributed by atoms with Gasteiger partial charge in [0.1, 0.15) is 11.1 Å². The minimum absolute atomic E-state index is 0.0955. The van der Waals surface area contributed by atoms with Gasteiger partial charge in [0.05, 0.1) is 5.69 Å². The average Bonchev–Trinajstić information content (AvgIpc) is 2.61. The molecule has 1 aromatic heterocycles. The Morgan fingerprint density at radius 3 is 2.53 bits per heavy atom. The second-order valence-electron chi connectivity index (χ2n) is 3.92. The van der Waals surface area contributed by atoms with Gasteiger partial charge in [0.2, 0.25) is 0 Å². The molecule has 0 radical (unpaired) electrons. The van der Waals surface area contributed by atoms with Crippen molar-refractivity contribution in [3.63, 3.8) is 0 Å². The Morgan fingerprint density at radius 2 is 2.07 bits per heavy atom. The summed E-state index contributed by atoms with van der Waals surface area (Å²) >= 11 is 1.75. The standard InChI is InChI=1S/C11H20N2OS/c1-7(2)10-9(6-12-4)15-11(13-10)8(3)14-5/h7-8,12H,6H2,1-5H3. The van der Waals surface area contributed by atoms with Crippen molar-refractivity contribution in [3.05, 3.63) is 15.6 Å². The smallest absolute Gasteiger partial charge is 0.122 e. The number of nitrogens with one attached hydrogen (secondary N) is 1. The lowest BCUT2D eigenvalue weighted by molar-refractivity contribution is 0.119. The first-order valence-corrected chi connectivity index (χ1v) is 6.08. The molecule has 1 atom stereocenters. The van der Waals surface area contributed by atoms with Crippen LogP contribution in [0.4, 0.5) is 0 Å². The number of aromatic nitrogens is 1. The Kier molecular flexibility index (Phi) is 4.70. The van der Waals surface area contributed by atoms with Crippen LogP contribution in [0.2, 0.25) is 0 Å². The predicted octanol–water partition coefficient (Wildman–Crippen LogP) is 2.69. The zero-order valence-corrected chi connectivity index (χ0v) is 10.9. The van der Waals surface area contributed by atoms with Gasteiger partial charge in [-0.3, -0.25) is 0 Å². The third kappa shape index (κ3) is 3.00. The largest absolute Gasteiger partial charge is 0.375 e. The highest BCUT2D eigenvalue weighted by Gasteiger charge is 2.16. The molecule has 15 heavy (non-hydrogen) atoms. The first kappa shape index (κ1) is 12.6. The first-order chi connectivity index (χ1) is 7.10. The molecule has 4 heteroatoms. The van der Waals surface area contributed by atoms with Crippen LogP contribution in [0, 0.1) is 0 Å². The molecule has 0 aliphatic heterocycles. The summed E-state index contributed by atoms with van der Waals surface area (Å²) in [5, 5.41) is 4.25. The Labute approximate surface area is 95.9 Å². The zero-order valence-electron chi connectivity index (χ0n) is 10.1. The second-order valence-corrected chi connectivity index (χ2v) is 5.04. The van der Waals surface area contributed by atoms with Gasteiger partial charge >= 0.3 is 0 Å². The highest BCUT2D eigenvalue weighted by atomic mass is 32.1. The lowest BCUT2D eigenvalue weighted by atomic mass is 10.1. The van der Waals surface area contributed by atoms with E-state index in [-0.39, 0.29) is 6.10 Å². The van der Waals surface area contributed by atoms with Crippen LogP contribution < -0.4 is 5.32 Å². The van der Waals surface area contributed by atoms with Crippen molar-refractivity contribution < 1.29 is 4.74 Å². The van der Waals surface area contributed by atoms with E-state index in [1.54, 1.807) is 18.4 Å². The lowest BCUT2D eigenvalue weighted by Crippen LogP contribution is -2.06. The molecule has 0 aromatic carbocycles. The highest BCUT2D eigenvalue weighted by molar-refractivity contribution is 7.11. The summed E-state index contributed by atoms with van der Waals surface area (Å²) in [5.74, 6) is 0.474. The minimum atomic E-state index is 0.0955. The van der Waals surface area contributed by atoms with Crippen LogP contribution in [-0.2, 0) is 11.3 Å². The number of hydrogen-bond donors (Lipinski definition) is 1. The van der Waals surface area contributed by atoms with E-state index >= 15 is 0 Å². The van der Waals surface area contributed by atoms with Crippen LogP contribution in [0.5, 0.6) is 0 Å². The Hall–Kier alpha value is -0.450. The zero-order chi connectivity index (χ0) is 11.4. The molecule has 1 N–H and O–H groups in total. The van der Waals surface area contributed by atoms with Gasteiger partial charge in [0.15, 0.2) is 0 Å². The van der Waals surface area contributed by atoms with Gasteiger partial charge in [-0.1, -0.05) is 13.8 Å². The molecule has 86 valence electrons. The molecule has 0 saturated heterocycles. The number of nitrogens with zero attached hydrogens (tertiary/aromatic N) is 1. The number of hydrogen-bond acceptors (Lipinski definition) is 4. The molecule has 0 aliphatic rings. The molecule has 1 rings (SSSR count). The van der Waals surface area contributed by atoms with Crippen molar-refractivity contribution in [2.24, 2.45) is 0 Å². The Balaban J connectivity index is 2.98. The molecule has 0 fully saturated rings. The fraction of sp³-hybridized carbons (Fsp3) is 0.727. The molecule has 0 aliphatic carbocycles. The van der Waals surface area contributed by atoms with E-state index in [1.165, 1.54) is 10.6 Å². The summed E-state index contributed by atoms with van der Waals surface area (Å²) in [4.78, 5) is 5.98. The minimum Gasteiger partial charge on any atom is -0.375 e. The highest BCUT2D eigenvalue weighted by Crippen LogP contribution is 2.29. The number of methoxy groups -OCH3 is 1. The summed E-state index contributed by atoms with van der Waals surface area (Å²) in [6.07, 6.45) is 0.0955. The van der Waals surface area contributed by atoms with E-state index in [2.05, 4.69) is 24.1 Å². The maximum absolute atomic E-state index is 5.29. The summed E-state index contributed by atoms with van der Waals surface area (Å²) in [5.41, 5.74) is 1.20. The maximum atomic E-state index is 5.29. The van der Waals surface area contributed by atoms with Crippen LogP contribution >= 0.6 is 11.3 Å².